The van der Waals surface area contributed by atoms with Gasteiger partial charge in [-0.1, -0.05) is 250 Å². The number of aliphatic hydroxyl groups is 1. The summed E-state index contributed by atoms with van der Waals surface area (Å²) >= 11 is 0. The number of aliphatic hydroxyl groups excluding tert-OH is 1. The van der Waals surface area contributed by atoms with E-state index in [1.54, 1.807) is 0 Å². The summed E-state index contributed by atoms with van der Waals surface area (Å²) < 4.78 is 11.2. The lowest BCUT2D eigenvalue weighted by molar-refractivity contribution is -0.154. The van der Waals surface area contributed by atoms with E-state index in [1.165, 1.54) is 231 Å². The van der Waals surface area contributed by atoms with Crippen LogP contribution >= 0.6 is 0 Å². The molecule has 0 radical (unpaired) electrons. The van der Waals surface area contributed by atoms with Crippen LogP contribution in [0, 0.1) is 0 Å². The molecule has 0 aromatic rings. The molecule has 0 heterocycles. The normalized spacial score (nSPS) is 12.4. The Kier molecular flexibility index (Phi) is 49.0. The van der Waals surface area contributed by atoms with E-state index >= 15 is 0 Å². The summed E-state index contributed by atoms with van der Waals surface area (Å²) in [5.41, 5.74) is 0. The standard InChI is InChI=1S/C52H100O4/c1-3-5-7-9-11-13-15-17-19-21-23-24-25-26-27-28-29-30-32-34-36-38-40-42-44-46-48-55-50-51(49-53)56-52(54)47-45-43-41-39-37-35-33-31-22-20-18-16-14-12-10-8-6-4-2/h14,16,20,22,51,53H,3-13,15,17-19,21,23-50H2,1-2H3/b16-14-,22-20-. The highest BCUT2D eigenvalue weighted by Gasteiger charge is 2.13. The number of allylic oxidation sites excluding steroid dienone is 4. The molecule has 0 rings (SSSR count). The van der Waals surface area contributed by atoms with Crippen LogP contribution in [0.5, 0.6) is 0 Å². The van der Waals surface area contributed by atoms with Crippen molar-refractivity contribution in [3.63, 3.8) is 0 Å². The monoisotopic (exact) mass is 789 g/mol. The van der Waals surface area contributed by atoms with Gasteiger partial charge in [-0.2, -0.15) is 0 Å². The third-order valence-electron chi connectivity index (χ3n) is 11.5. The fraction of sp³-hybridized carbons (Fsp3) is 0.904. The molecule has 0 saturated carbocycles. The van der Waals surface area contributed by atoms with Crippen molar-refractivity contribution in [2.24, 2.45) is 0 Å². The Labute approximate surface area is 351 Å². The SMILES string of the molecule is CCCCCC/C=C\C/C=C\CCCCCCCCCC(=O)OC(CO)COCCCCCCCCCCCCCCCCCCCCCCCCCCCC. The maximum Gasteiger partial charge on any atom is 0.306 e. The summed E-state index contributed by atoms with van der Waals surface area (Å²) in [7, 11) is 0. The molecule has 332 valence electrons. The Morgan fingerprint density at radius 2 is 0.750 bits per heavy atom. The first-order valence-electron chi connectivity index (χ1n) is 25.4. The number of rotatable bonds is 48. The van der Waals surface area contributed by atoms with Crippen molar-refractivity contribution in [3.05, 3.63) is 24.3 Å². The first kappa shape index (κ1) is 54.9. The van der Waals surface area contributed by atoms with E-state index in [4.69, 9.17) is 9.47 Å². The predicted octanol–water partition coefficient (Wildman–Crippen LogP) is 17.1. The zero-order valence-corrected chi connectivity index (χ0v) is 38.2. The molecule has 0 amide bonds. The topological polar surface area (TPSA) is 55.8 Å². The van der Waals surface area contributed by atoms with Gasteiger partial charge in [0, 0.05) is 13.0 Å². The molecule has 0 aliphatic heterocycles. The second-order valence-electron chi connectivity index (χ2n) is 17.2. The molecule has 56 heavy (non-hydrogen) atoms. The second-order valence-corrected chi connectivity index (χ2v) is 17.2. The zero-order valence-electron chi connectivity index (χ0n) is 38.2. The minimum atomic E-state index is -0.535. The van der Waals surface area contributed by atoms with Gasteiger partial charge in [-0.15, -0.1) is 0 Å². The summed E-state index contributed by atoms with van der Waals surface area (Å²) in [6.07, 6.45) is 62.7. The van der Waals surface area contributed by atoms with Gasteiger partial charge < -0.3 is 14.6 Å². The highest BCUT2D eigenvalue weighted by atomic mass is 16.6. The lowest BCUT2D eigenvalue weighted by Crippen LogP contribution is -2.27. The molecule has 0 bridgehead atoms. The van der Waals surface area contributed by atoms with Crippen LogP contribution in [0.25, 0.3) is 0 Å². The third-order valence-corrected chi connectivity index (χ3v) is 11.5. The van der Waals surface area contributed by atoms with Crippen LogP contribution in [0.4, 0.5) is 0 Å². The number of esters is 1. The molecule has 0 saturated heterocycles. The van der Waals surface area contributed by atoms with Gasteiger partial charge in [0.1, 0.15) is 6.10 Å². The van der Waals surface area contributed by atoms with Crippen LogP contribution in [0.2, 0.25) is 0 Å². The Hall–Kier alpha value is -1.13. The van der Waals surface area contributed by atoms with Gasteiger partial charge in [0.25, 0.3) is 0 Å². The van der Waals surface area contributed by atoms with Crippen molar-refractivity contribution in [1.29, 1.82) is 0 Å². The molecule has 1 N–H and O–H groups in total. The van der Waals surface area contributed by atoms with Gasteiger partial charge in [-0.05, 0) is 44.9 Å². The fourth-order valence-corrected chi connectivity index (χ4v) is 7.71. The van der Waals surface area contributed by atoms with Crippen molar-refractivity contribution in [1.82, 2.24) is 0 Å². The highest BCUT2D eigenvalue weighted by molar-refractivity contribution is 5.69. The smallest absolute Gasteiger partial charge is 0.306 e. The quantitative estimate of drug-likeness (QED) is 0.0379. The lowest BCUT2D eigenvalue weighted by Gasteiger charge is -2.16. The summed E-state index contributed by atoms with van der Waals surface area (Å²) in [5.74, 6) is -0.203. The Balaban J connectivity index is 3.35. The van der Waals surface area contributed by atoms with E-state index in [2.05, 4.69) is 38.2 Å². The Morgan fingerprint density at radius 1 is 0.429 bits per heavy atom. The Morgan fingerprint density at radius 3 is 1.12 bits per heavy atom. The van der Waals surface area contributed by atoms with Gasteiger partial charge >= 0.3 is 5.97 Å². The molecular weight excluding hydrogens is 689 g/mol. The van der Waals surface area contributed by atoms with Crippen LogP contribution in [0.3, 0.4) is 0 Å². The van der Waals surface area contributed by atoms with Crippen molar-refractivity contribution in [2.75, 3.05) is 19.8 Å². The van der Waals surface area contributed by atoms with Gasteiger partial charge in [0.15, 0.2) is 0 Å². The second kappa shape index (κ2) is 50.0. The molecule has 0 fully saturated rings. The molecule has 0 aliphatic rings. The highest BCUT2D eigenvalue weighted by Crippen LogP contribution is 2.17. The Bertz CT molecular complexity index is 792. The van der Waals surface area contributed by atoms with E-state index in [0.29, 0.717) is 19.6 Å². The maximum atomic E-state index is 12.2. The van der Waals surface area contributed by atoms with Crippen molar-refractivity contribution in [2.45, 2.75) is 283 Å². The predicted molar refractivity (Wildman–Crippen MR) is 247 cm³/mol. The molecule has 4 nitrogen and oxygen atoms in total. The number of unbranched alkanes of at least 4 members (excludes halogenated alkanes) is 36. The summed E-state index contributed by atoms with van der Waals surface area (Å²) in [4.78, 5) is 12.2. The van der Waals surface area contributed by atoms with Crippen LogP contribution in [-0.4, -0.2) is 37.0 Å². The number of carbonyl (C=O) groups is 1. The number of ether oxygens (including phenoxy) is 2. The molecule has 0 spiro atoms. The van der Waals surface area contributed by atoms with Crippen LogP contribution in [0.15, 0.2) is 24.3 Å². The van der Waals surface area contributed by atoms with Crippen LogP contribution < -0.4 is 0 Å². The first-order valence-corrected chi connectivity index (χ1v) is 25.4. The minimum Gasteiger partial charge on any atom is -0.457 e. The largest absolute Gasteiger partial charge is 0.457 e. The average molecular weight is 789 g/mol. The maximum absolute atomic E-state index is 12.2. The van der Waals surface area contributed by atoms with Gasteiger partial charge in [-0.25, -0.2) is 0 Å². The van der Waals surface area contributed by atoms with E-state index in [0.717, 1.165) is 25.7 Å². The van der Waals surface area contributed by atoms with E-state index < -0.39 is 6.10 Å². The van der Waals surface area contributed by atoms with Gasteiger partial charge in [0.2, 0.25) is 0 Å². The van der Waals surface area contributed by atoms with Gasteiger partial charge in [0.05, 0.1) is 13.2 Å². The summed E-state index contributed by atoms with van der Waals surface area (Å²) in [6.45, 7) is 5.37. The molecule has 1 unspecified atom stereocenters. The number of carbonyl (C=O) groups excluding carboxylic acids is 1. The number of hydrogen-bond donors (Lipinski definition) is 1. The molecule has 0 aliphatic carbocycles. The van der Waals surface area contributed by atoms with E-state index in [1.807, 2.05) is 0 Å². The number of hydrogen-bond acceptors (Lipinski definition) is 4. The van der Waals surface area contributed by atoms with Crippen molar-refractivity contribution < 1.29 is 19.4 Å². The lowest BCUT2D eigenvalue weighted by atomic mass is 10.0. The van der Waals surface area contributed by atoms with Crippen LogP contribution in [0.1, 0.15) is 277 Å². The minimum absolute atomic E-state index is 0.170. The zero-order chi connectivity index (χ0) is 40.5. The molecule has 0 aromatic carbocycles. The molecular formula is C52H100O4. The van der Waals surface area contributed by atoms with E-state index in [-0.39, 0.29) is 12.6 Å². The van der Waals surface area contributed by atoms with Gasteiger partial charge in [-0.3, -0.25) is 4.79 Å². The average Bonchev–Trinajstić information content (AvgIpc) is 3.20. The van der Waals surface area contributed by atoms with Crippen molar-refractivity contribution >= 4 is 5.97 Å². The molecule has 0 aromatic heterocycles. The summed E-state index contributed by atoms with van der Waals surface area (Å²) in [5, 5.41) is 9.64. The van der Waals surface area contributed by atoms with Crippen molar-refractivity contribution in [3.8, 4) is 0 Å². The first-order chi connectivity index (χ1) is 27.7. The third kappa shape index (κ3) is 47.2. The fourth-order valence-electron chi connectivity index (χ4n) is 7.71. The van der Waals surface area contributed by atoms with E-state index in [9.17, 15) is 9.90 Å². The molecule has 4 heteroatoms. The summed E-state index contributed by atoms with van der Waals surface area (Å²) in [6, 6.07) is 0. The van der Waals surface area contributed by atoms with Crippen LogP contribution in [-0.2, 0) is 14.3 Å². The molecule has 1 atom stereocenters.